The minimum atomic E-state index is 0.0296. The Hall–Kier alpha value is -1.55. The molecule has 1 fully saturated rings. The van der Waals surface area contributed by atoms with Gasteiger partial charge in [-0.25, -0.2) is 0 Å². The normalized spacial score (nSPS) is 23.8. The number of aryl methyl sites for hydroxylation is 1. The van der Waals surface area contributed by atoms with Crippen molar-refractivity contribution >= 4 is 11.6 Å². The first-order valence-electron chi connectivity index (χ1n) is 8.65. The highest BCUT2D eigenvalue weighted by molar-refractivity contribution is 5.92. The molecule has 23 heavy (non-hydrogen) atoms. The molecule has 1 saturated heterocycles. The lowest BCUT2D eigenvalue weighted by Crippen LogP contribution is -2.52. The summed E-state index contributed by atoms with van der Waals surface area (Å²) in [7, 11) is 0. The van der Waals surface area contributed by atoms with E-state index in [0.717, 1.165) is 30.6 Å². The molecule has 2 unspecified atom stereocenters. The van der Waals surface area contributed by atoms with Crippen molar-refractivity contribution in [1.82, 2.24) is 4.90 Å². The predicted molar refractivity (Wildman–Crippen MR) is 99.9 cm³/mol. The Morgan fingerprint density at radius 3 is 2.57 bits per heavy atom. The lowest BCUT2D eigenvalue weighted by atomic mass is 9.88. The molecule has 0 amide bonds. The van der Waals surface area contributed by atoms with E-state index in [-0.39, 0.29) is 5.54 Å². The van der Waals surface area contributed by atoms with Crippen LogP contribution in [0.25, 0.3) is 0 Å². The van der Waals surface area contributed by atoms with Gasteiger partial charge in [0.05, 0.1) is 6.54 Å². The van der Waals surface area contributed by atoms with Gasteiger partial charge in [0.2, 0.25) is 0 Å². The molecule has 0 bridgehead atoms. The largest absolute Gasteiger partial charge is 0.370 e. The van der Waals surface area contributed by atoms with Gasteiger partial charge in [0.25, 0.3) is 0 Å². The molecular formula is C19H32N4. The van der Waals surface area contributed by atoms with Gasteiger partial charge < -0.3 is 11.1 Å². The minimum absolute atomic E-state index is 0.0296. The molecule has 1 aliphatic rings. The molecule has 3 N–H and O–H groups in total. The molecule has 128 valence electrons. The van der Waals surface area contributed by atoms with Crippen LogP contribution in [0.15, 0.2) is 29.3 Å². The lowest BCUT2D eigenvalue weighted by molar-refractivity contribution is 0.0513. The molecule has 0 aromatic heterocycles. The number of nitrogens with zero attached hydrogens (tertiary/aromatic N) is 2. The maximum atomic E-state index is 6.07. The van der Waals surface area contributed by atoms with Crippen LogP contribution in [0.1, 0.15) is 39.7 Å². The van der Waals surface area contributed by atoms with Crippen molar-refractivity contribution in [2.45, 2.75) is 46.6 Å². The molecule has 2 rings (SSSR count). The molecular weight excluding hydrogens is 284 g/mol. The maximum absolute atomic E-state index is 6.07. The first kappa shape index (κ1) is 17.8. The molecule has 4 heteroatoms. The van der Waals surface area contributed by atoms with Gasteiger partial charge in [-0.05, 0) is 56.7 Å². The number of hydrogen-bond donors (Lipinski definition) is 2. The third kappa shape index (κ3) is 5.24. The van der Waals surface area contributed by atoms with Crippen LogP contribution in [0.4, 0.5) is 5.69 Å². The molecule has 4 nitrogen and oxygen atoms in total. The van der Waals surface area contributed by atoms with Crippen LogP contribution in [0, 0.1) is 18.8 Å². The number of anilines is 1. The number of piperidine rings is 1. The second-order valence-corrected chi connectivity index (χ2v) is 7.86. The Morgan fingerprint density at radius 2 is 1.96 bits per heavy atom. The van der Waals surface area contributed by atoms with Gasteiger partial charge in [0.1, 0.15) is 0 Å². The number of nitrogens with two attached hydrogens (primary N) is 1. The zero-order valence-electron chi connectivity index (χ0n) is 15.3. The number of guanidine groups is 1. The summed E-state index contributed by atoms with van der Waals surface area (Å²) < 4.78 is 0. The van der Waals surface area contributed by atoms with Gasteiger partial charge >= 0.3 is 0 Å². The summed E-state index contributed by atoms with van der Waals surface area (Å²) in [4.78, 5) is 7.15. The van der Waals surface area contributed by atoms with Crippen molar-refractivity contribution in [3.63, 3.8) is 0 Å². The zero-order chi connectivity index (χ0) is 17.0. The fraction of sp³-hybridized carbons (Fsp3) is 0.632. The molecule has 1 aliphatic heterocycles. The van der Waals surface area contributed by atoms with Gasteiger partial charge in [-0.2, -0.15) is 0 Å². The third-order valence-corrected chi connectivity index (χ3v) is 4.65. The lowest BCUT2D eigenvalue weighted by Gasteiger charge is -2.44. The summed E-state index contributed by atoms with van der Waals surface area (Å²) in [6, 6.07) is 8.17. The molecule has 1 aromatic rings. The Balaban J connectivity index is 1.96. The average molecular weight is 316 g/mol. The van der Waals surface area contributed by atoms with Crippen LogP contribution in [0.5, 0.6) is 0 Å². The summed E-state index contributed by atoms with van der Waals surface area (Å²) in [5, 5.41) is 3.19. The molecule has 0 saturated carbocycles. The van der Waals surface area contributed by atoms with E-state index in [4.69, 9.17) is 5.73 Å². The average Bonchev–Trinajstić information content (AvgIpc) is 2.44. The van der Waals surface area contributed by atoms with Crippen LogP contribution < -0.4 is 11.1 Å². The molecule has 0 radical (unpaired) electrons. The van der Waals surface area contributed by atoms with Crippen LogP contribution in [-0.4, -0.2) is 36.0 Å². The number of hydrogen-bond acceptors (Lipinski definition) is 2. The number of rotatable bonds is 4. The van der Waals surface area contributed by atoms with Crippen molar-refractivity contribution < 1.29 is 0 Å². The maximum Gasteiger partial charge on any atom is 0.193 e. The van der Waals surface area contributed by atoms with Gasteiger partial charge in [-0.15, -0.1) is 0 Å². The highest BCUT2D eigenvalue weighted by Gasteiger charge is 2.32. The quantitative estimate of drug-likeness (QED) is 0.660. The standard InChI is InChI=1S/C19H32N4/c1-14-7-6-8-17(10-14)22-18(20)21-13-19(4,5)23-11-15(2)9-16(3)12-23/h6-8,10,15-16H,9,11-13H2,1-5H3,(H3,20,21,22). The van der Waals surface area contributed by atoms with E-state index in [1.807, 2.05) is 12.1 Å². The van der Waals surface area contributed by atoms with Crippen molar-refractivity contribution in [3.05, 3.63) is 29.8 Å². The van der Waals surface area contributed by atoms with Gasteiger partial charge in [0, 0.05) is 24.3 Å². The molecule has 0 aliphatic carbocycles. The van der Waals surface area contributed by atoms with E-state index >= 15 is 0 Å². The topological polar surface area (TPSA) is 53.6 Å². The SMILES string of the molecule is Cc1cccc(NC(N)=NCC(C)(C)N2CC(C)CC(C)C2)c1. The minimum Gasteiger partial charge on any atom is -0.370 e. The summed E-state index contributed by atoms with van der Waals surface area (Å²) >= 11 is 0. The van der Waals surface area contributed by atoms with E-state index in [2.05, 4.69) is 62.0 Å². The number of likely N-dealkylation sites (tertiary alicyclic amines) is 1. The Morgan fingerprint density at radius 1 is 1.30 bits per heavy atom. The van der Waals surface area contributed by atoms with Crippen LogP contribution in [-0.2, 0) is 0 Å². The van der Waals surface area contributed by atoms with E-state index < -0.39 is 0 Å². The second-order valence-electron chi connectivity index (χ2n) is 7.86. The summed E-state index contributed by atoms with van der Waals surface area (Å²) in [6.45, 7) is 14.3. The summed E-state index contributed by atoms with van der Waals surface area (Å²) in [5.74, 6) is 2.00. The van der Waals surface area contributed by atoms with E-state index in [1.165, 1.54) is 12.0 Å². The van der Waals surface area contributed by atoms with Crippen LogP contribution in [0.3, 0.4) is 0 Å². The number of benzene rings is 1. The predicted octanol–water partition coefficient (Wildman–Crippen LogP) is 3.48. The van der Waals surface area contributed by atoms with E-state index in [0.29, 0.717) is 12.5 Å². The fourth-order valence-electron chi connectivity index (χ4n) is 3.45. The van der Waals surface area contributed by atoms with Crippen molar-refractivity contribution in [3.8, 4) is 0 Å². The van der Waals surface area contributed by atoms with Crippen LogP contribution in [0.2, 0.25) is 0 Å². The highest BCUT2D eigenvalue weighted by Crippen LogP contribution is 2.27. The van der Waals surface area contributed by atoms with Gasteiger partial charge in [0.15, 0.2) is 5.96 Å². The Labute approximate surface area is 141 Å². The molecule has 1 heterocycles. The van der Waals surface area contributed by atoms with Crippen molar-refractivity contribution in [2.24, 2.45) is 22.6 Å². The van der Waals surface area contributed by atoms with Crippen molar-refractivity contribution in [1.29, 1.82) is 0 Å². The Kier molecular flexibility index (Phi) is 5.69. The summed E-state index contributed by atoms with van der Waals surface area (Å²) in [6.07, 6.45) is 1.33. The second kappa shape index (κ2) is 7.35. The third-order valence-electron chi connectivity index (χ3n) is 4.65. The number of aliphatic imine (C=N–C) groups is 1. The van der Waals surface area contributed by atoms with Gasteiger partial charge in [-0.3, -0.25) is 9.89 Å². The Bertz CT molecular complexity index is 540. The first-order valence-corrected chi connectivity index (χ1v) is 8.65. The molecule has 0 spiro atoms. The first-order chi connectivity index (χ1) is 10.8. The van der Waals surface area contributed by atoms with E-state index in [9.17, 15) is 0 Å². The zero-order valence-corrected chi connectivity index (χ0v) is 15.3. The molecule has 2 atom stereocenters. The molecule has 1 aromatic carbocycles. The number of nitrogens with one attached hydrogen (secondary N) is 1. The van der Waals surface area contributed by atoms with E-state index in [1.54, 1.807) is 0 Å². The van der Waals surface area contributed by atoms with Crippen molar-refractivity contribution in [2.75, 3.05) is 25.0 Å². The fourth-order valence-corrected chi connectivity index (χ4v) is 3.45. The van der Waals surface area contributed by atoms with Crippen LogP contribution >= 0.6 is 0 Å². The van der Waals surface area contributed by atoms with Gasteiger partial charge in [-0.1, -0.05) is 26.0 Å². The highest BCUT2D eigenvalue weighted by atomic mass is 15.2. The smallest absolute Gasteiger partial charge is 0.193 e. The summed E-state index contributed by atoms with van der Waals surface area (Å²) in [5.41, 5.74) is 8.29. The monoisotopic (exact) mass is 316 g/mol.